The summed E-state index contributed by atoms with van der Waals surface area (Å²) >= 11 is 8.43. The number of nitrogens with zero attached hydrogens (tertiary/aromatic N) is 2. The van der Waals surface area contributed by atoms with Gasteiger partial charge in [-0.05, 0) is 50.0 Å². The summed E-state index contributed by atoms with van der Waals surface area (Å²) in [5.74, 6) is 3.16. The second-order valence-electron chi connectivity index (χ2n) is 5.53. The van der Waals surface area contributed by atoms with Crippen LogP contribution >= 0.6 is 23.4 Å². The normalized spacial score (nSPS) is 18.4. The van der Waals surface area contributed by atoms with E-state index in [1.54, 1.807) is 0 Å². The molecule has 1 saturated heterocycles. The zero-order chi connectivity index (χ0) is 14.5. The molecule has 114 valence electrons. The SMILES string of the molecule is CCc1nn(CC)c(CC(O)CC2CCSCC2)c1Cl. The smallest absolute Gasteiger partial charge is 0.0850 e. The Balaban J connectivity index is 1.99. The largest absolute Gasteiger partial charge is 0.393 e. The van der Waals surface area contributed by atoms with Crippen LogP contribution in [0.15, 0.2) is 0 Å². The summed E-state index contributed by atoms with van der Waals surface area (Å²) in [5, 5.41) is 15.6. The first-order chi connectivity index (χ1) is 9.65. The average Bonchev–Trinajstić information content (AvgIpc) is 2.76. The summed E-state index contributed by atoms with van der Waals surface area (Å²) in [6.45, 7) is 4.94. The van der Waals surface area contributed by atoms with Crippen LogP contribution in [0.1, 0.15) is 44.5 Å². The van der Waals surface area contributed by atoms with Crippen molar-refractivity contribution < 1.29 is 5.11 Å². The number of thioether (sulfide) groups is 1. The quantitative estimate of drug-likeness (QED) is 0.872. The van der Waals surface area contributed by atoms with Gasteiger partial charge in [0.15, 0.2) is 0 Å². The molecular formula is C15H25ClN2OS. The summed E-state index contributed by atoms with van der Waals surface area (Å²) in [4.78, 5) is 0. The van der Waals surface area contributed by atoms with Crippen LogP contribution in [-0.4, -0.2) is 32.5 Å². The minimum absolute atomic E-state index is 0.299. The van der Waals surface area contributed by atoms with Crippen molar-refractivity contribution in [1.29, 1.82) is 0 Å². The van der Waals surface area contributed by atoms with Crippen molar-refractivity contribution in [3.05, 3.63) is 16.4 Å². The topological polar surface area (TPSA) is 38.0 Å². The number of aliphatic hydroxyl groups excluding tert-OH is 1. The van der Waals surface area contributed by atoms with Crippen molar-refractivity contribution in [3.8, 4) is 0 Å². The van der Waals surface area contributed by atoms with Gasteiger partial charge in [-0.15, -0.1) is 0 Å². The van der Waals surface area contributed by atoms with Gasteiger partial charge in [0.1, 0.15) is 0 Å². The second kappa shape index (κ2) is 7.71. The van der Waals surface area contributed by atoms with Gasteiger partial charge in [0.2, 0.25) is 0 Å². The summed E-state index contributed by atoms with van der Waals surface area (Å²) < 4.78 is 1.95. The predicted molar refractivity (Wildman–Crippen MR) is 86.7 cm³/mol. The minimum Gasteiger partial charge on any atom is -0.393 e. The fourth-order valence-corrected chi connectivity index (χ4v) is 4.44. The van der Waals surface area contributed by atoms with E-state index in [0.717, 1.165) is 35.8 Å². The highest BCUT2D eigenvalue weighted by Gasteiger charge is 2.21. The molecule has 0 spiro atoms. The molecule has 0 amide bonds. The van der Waals surface area contributed by atoms with Crippen molar-refractivity contribution in [3.63, 3.8) is 0 Å². The summed E-state index contributed by atoms with van der Waals surface area (Å²) in [7, 11) is 0. The maximum Gasteiger partial charge on any atom is 0.0850 e. The van der Waals surface area contributed by atoms with Gasteiger partial charge in [0.05, 0.1) is 22.5 Å². The van der Waals surface area contributed by atoms with Gasteiger partial charge in [0, 0.05) is 13.0 Å². The molecule has 2 heterocycles. The van der Waals surface area contributed by atoms with E-state index >= 15 is 0 Å². The molecule has 3 nitrogen and oxygen atoms in total. The first-order valence-corrected chi connectivity index (χ1v) is 9.18. The Hall–Kier alpha value is -0.190. The lowest BCUT2D eigenvalue weighted by atomic mass is 9.93. The van der Waals surface area contributed by atoms with Gasteiger partial charge in [-0.1, -0.05) is 18.5 Å². The van der Waals surface area contributed by atoms with Gasteiger partial charge in [-0.25, -0.2) is 0 Å². The van der Waals surface area contributed by atoms with Crippen LogP contribution in [0.3, 0.4) is 0 Å². The third kappa shape index (κ3) is 3.92. The molecule has 5 heteroatoms. The van der Waals surface area contributed by atoms with Crippen LogP contribution in [0.25, 0.3) is 0 Å². The van der Waals surface area contributed by atoms with E-state index in [1.807, 2.05) is 16.4 Å². The van der Waals surface area contributed by atoms with Crippen LogP contribution in [0.4, 0.5) is 0 Å². The molecule has 1 aromatic rings. The second-order valence-corrected chi connectivity index (χ2v) is 7.13. The average molecular weight is 317 g/mol. The van der Waals surface area contributed by atoms with E-state index in [9.17, 15) is 5.11 Å². The van der Waals surface area contributed by atoms with Crippen molar-refractivity contribution in [2.45, 2.75) is 58.6 Å². The van der Waals surface area contributed by atoms with Crippen LogP contribution in [0.2, 0.25) is 5.02 Å². The molecule has 0 radical (unpaired) electrons. The Labute approximate surface area is 131 Å². The number of aromatic nitrogens is 2. The van der Waals surface area contributed by atoms with Crippen molar-refractivity contribution in [2.24, 2.45) is 5.92 Å². The molecule has 1 fully saturated rings. The standard InChI is InChI=1S/C15H25ClN2OS/c1-3-13-15(16)14(18(4-2)17-13)10-12(19)9-11-5-7-20-8-6-11/h11-12,19H,3-10H2,1-2H3. The minimum atomic E-state index is -0.299. The molecule has 0 bridgehead atoms. The van der Waals surface area contributed by atoms with Crippen molar-refractivity contribution in [1.82, 2.24) is 9.78 Å². The third-order valence-electron chi connectivity index (χ3n) is 4.07. The lowest BCUT2D eigenvalue weighted by molar-refractivity contribution is 0.137. The summed E-state index contributed by atoms with van der Waals surface area (Å²) in [6.07, 6.45) is 4.55. The van der Waals surface area contributed by atoms with Gasteiger partial charge in [0.25, 0.3) is 0 Å². The lowest BCUT2D eigenvalue weighted by Crippen LogP contribution is -2.21. The van der Waals surface area contributed by atoms with Gasteiger partial charge in [-0.3, -0.25) is 4.68 Å². The van der Waals surface area contributed by atoms with Gasteiger partial charge in [-0.2, -0.15) is 16.9 Å². The van der Waals surface area contributed by atoms with E-state index in [0.29, 0.717) is 12.3 Å². The Morgan fingerprint density at radius 3 is 2.70 bits per heavy atom. The van der Waals surface area contributed by atoms with Gasteiger partial charge < -0.3 is 5.11 Å². The molecule has 1 unspecified atom stereocenters. The fourth-order valence-electron chi connectivity index (χ4n) is 2.89. The first kappa shape index (κ1) is 16.2. The lowest BCUT2D eigenvalue weighted by Gasteiger charge is -2.24. The number of halogens is 1. The highest BCUT2D eigenvalue weighted by molar-refractivity contribution is 7.99. The molecule has 0 saturated carbocycles. The zero-order valence-electron chi connectivity index (χ0n) is 12.4. The Morgan fingerprint density at radius 1 is 1.40 bits per heavy atom. The fraction of sp³-hybridized carbons (Fsp3) is 0.800. The van der Waals surface area contributed by atoms with Crippen LogP contribution in [0, 0.1) is 5.92 Å². The van der Waals surface area contributed by atoms with Crippen LogP contribution < -0.4 is 0 Å². The molecule has 1 aliphatic heterocycles. The van der Waals surface area contributed by atoms with Gasteiger partial charge >= 0.3 is 0 Å². The van der Waals surface area contributed by atoms with Crippen molar-refractivity contribution >= 4 is 23.4 Å². The number of aryl methyl sites for hydroxylation is 2. The molecule has 1 aromatic heterocycles. The molecule has 20 heavy (non-hydrogen) atoms. The number of hydrogen-bond acceptors (Lipinski definition) is 3. The van der Waals surface area contributed by atoms with E-state index < -0.39 is 0 Å². The van der Waals surface area contributed by atoms with Crippen LogP contribution in [-0.2, 0) is 19.4 Å². The number of hydrogen-bond donors (Lipinski definition) is 1. The molecule has 0 aromatic carbocycles. The highest BCUT2D eigenvalue weighted by Crippen LogP contribution is 2.29. The Kier molecular flexibility index (Phi) is 6.24. The van der Waals surface area contributed by atoms with E-state index in [2.05, 4.69) is 18.9 Å². The maximum absolute atomic E-state index is 10.4. The summed E-state index contributed by atoms with van der Waals surface area (Å²) in [6, 6.07) is 0. The molecule has 1 N–H and O–H groups in total. The van der Waals surface area contributed by atoms with E-state index in [4.69, 9.17) is 11.6 Å². The zero-order valence-corrected chi connectivity index (χ0v) is 14.0. The third-order valence-corrected chi connectivity index (χ3v) is 5.55. The Morgan fingerprint density at radius 2 is 2.10 bits per heavy atom. The maximum atomic E-state index is 10.4. The monoisotopic (exact) mass is 316 g/mol. The molecule has 1 atom stereocenters. The highest BCUT2D eigenvalue weighted by atomic mass is 35.5. The molecule has 0 aliphatic carbocycles. The van der Waals surface area contributed by atoms with E-state index in [1.165, 1.54) is 24.3 Å². The number of aliphatic hydroxyl groups is 1. The van der Waals surface area contributed by atoms with Crippen molar-refractivity contribution in [2.75, 3.05) is 11.5 Å². The Bertz CT molecular complexity index is 430. The molecule has 2 rings (SSSR count). The molecule has 1 aliphatic rings. The first-order valence-electron chi connectivity index (χ1n) is 7.65. The van der Waals surface area contributed by atoms with E-state index in [-0.39, 0.29) is 6.10 Å². The van der Waals surface area contributed by atoms with Crippen LogP contribution in [0.5, 0.6) is 0 Å². The number of rotatable bonds is 6. The summed E-state index contributed by atoms with van der Waals surface area (Å²) in [5.41, 5.74) is 1.95. The predicted octanol–water partition coefficient (Wildman–Crippen LogP) is 3.56. The molecular weight excluding hydrogens is 292 g/mol.